The summed E-state index contributed by atoms with van der Waals surface area (Å²) in [5, 5.41) is 0.547. The molecule has 0 saturated heterocycles. The molecule has 1 aliphatic heterocycles. The van der Waals surface area contributed by atoms with E-state index in [0.29, 0.717) is 29.5 Å². The predicted octanol–water partition coefficient (Wildman–Crippen LogP) is 2.82. The second-order valence-electron chi connectivity index (χ2n) is 7.96. The first-order valence-corrected chi connectivity index (χ1v) is 13.7. The maximum Gasteiger partial charge on any atom is 0.263 e. The number of ether oxygens (including phenoxy) is 1. The number of aromatic nitrogens is 1. The van der Waals surface area contributed by atoms with E-state index in [1.165, 1.54) is 16.2 Å². The Bertz CT molecular complexity index is 1410. The van der Waals surface area contributed by atoms with Gasteiger partial charge in [-0.2, -0.15) is 4.99 Å². The number of carbonyl (C=O) groups excluding carboxylic acids is 2. The van der Waals surface area contributed by atoms with Gasteiger partial charge in [0, 0.05) is 30.9 Å². The number of aryl methyl sites for hydroxylation is 1. The molecule has 0 aliphatic carbocycles. The molecule has 0 unspecified atom stereocenters. The molecule has 34 heavy (non-hydrogen) atoms. The maximum absolute atomic E-state index is 12.8. The fourth-order valence-corrected chi connectivity index (χ4v) is 6.39. The molecule has 3 aromatic rings. The van der Waals surface area contributed by atoms with Crippen molar-refractivity contribution in [3.8, 4) is 0 Å². The number of nitrogens with zero attached hydrogens (tertiary/aromatic N) is 3. The van der Waals surface area contributed by atoms with Crippen LogP contribution >= 0.6 is 22.9 Å². The normalized spacial score (nSPS) is 14.4. The van der Waals surface area contributed by atoms with Crippen molar-refractivity contribution in [1.29, 1.82) is 0 Å². The summed E-state index contributed by atoms with van der Waals surface area (Å²) in [4.78, 5) is 31.3. The van der Waals surface area contributed by atoms with Crippen LogP contribution in [0, 0.1) is 0 Å². The number of carbonyl (C=O) groups is 2. The molecule has 180 valence electrons. The maximum atomic E-state index is 12.8. The average Bonchev–Trinajstić information content (AvgIpc) is 3.11. The number of methoxy groups -OCH3 is 1. The fraction of sp³-hybridized carbons (Fsp3) is 0.348. The Morgan fingerprint density at radius 3 is 2.76 bits per heavy atom. The standard InChI is InChI=1S/C23H24ClN3O5S2/c1-32-12-11-27-19-9-8-17(24)13-20(19)33-23(27)25-21(28)14-34(30,31)15-22(29)26-10-4-6-16-5-2-3-7-18(16)26/h2-3,5,7-9,13H,4,6,10-12,14-15H2,1H3. The van der Waals surface area contributed by atoms with Gasteiger partial charge in [0.1, 0.15) is 11.5 Å². The SMILES string of the molecule is COCCn1c(=NC(=O)CS(=O)(=O)CC(=O)N2CCCc3ccccc32)sc2cc(Cl)ccc21. The molecule has 11 heteroatoms. The van der Waals surface area contributed by atoms with Crippen molar-refractivity contribution >= 4 is 60.5 Å². The highest BCUT2D eigenvalue weighted by Gasteiger charge is 2.28. The van der Waals surface area contributed by atoms with Gasteiger partial charge in [0.25, 0.3) is 5.91 Å². The molecule has 2 heterocycles. The first-order chi connectivity index (χ1) is 16.3. The number of sulfone groups is 1. The lowest BCUT2D eigenvalue weighted by Gasteiger charge is -2.29. The number of halogens is 1. The summed E-state index contributed by atoms with van der Waals surface area (Å²) in [5.74, 6) is -2.94. The van der Waals surface area contributed by atoms with Gasteiger partial charge in [0.15, 0.2) is 14.6 Å². The molecule has 2 aromatic carbocycles. The van der Waals surface area contributed by atoms with Crippen molar-refractivity contribution in [2.24, 2.45) is 4.99 Å². The molecular weight excluding hydrogens is 498 g/mol. The molecule has 0 saturated carbocycles. The van der Waals surface area contributed by atoms with Crippen molar-refractivity contribution < 1.29 is 22.7 Å². The van der Waals surface area contributed by atoms with Crippen LogP contribution in [0.5, 0.6) is 0 Å². The van der Waals surface area contributed by atoms with Gasteiger partial charge < -0.3 is 14.2 Å². The summed E-state index contributed by atoms with van der Waals surface area (Å²) in [6, 6.07) is 12.8. The Balaban J connectivity index is 1.53. The van der Waals surface area contributed by atoms with E-state index in [1.54, 1.807) is 23.8 Å². The highest BCUT2D eigenvalue weighted by Crippen LogP contribution is 2.27. The minimum Gasteiger partial charge on any atom is -0.383 e. The largest absolute Gasteiger partial charge is 0.383 e. The summed E-state index contributed by atoms with van der Waals surface area (Å²) in [5.41, 5.74) is 2.56. The third kappa shape index (κ3) is 5.57. The van der Waals surface area contributed by atoms with Gasteiger partial charge in [-0.15, -0.1) is 0 Å². The molecule has 0 radical (unpaired) electrons. The Morgan fingerprint density at radius 1 is 1.18 bits per heavy atom. The quantitative estimate of drug-likeness (QED) is 0.476. The minimum absolute atomic E-state index is 0.353. The van der Waals surface area contributed by atoms with E-state index in [9.17, 15) is 18.0 Å². The molecule has 0 N–H and O–H groups in total. The van der Waals surface area contributed by atoms with Crippen molar-refractivity contribution in [3.63, 3.8) is 0 Å². The number of hydrogen-bond acceptors (Lipinski definition) is 6. The molecule has 0 atom stereocenters. The van der Waals surface area contributed by atoms with Crippen LogP contribution in [0.2, 0.25) is 5.02 Å². The lowest BCUT2D eigenvalue weighted by molar-refractivity contribution is -0.116. The van der Waals surface area contributed by atoms with Crippen LogP contribution in [0.15, 0.2) is 47.5 Å². The highest BCUT2D eigenvalue weighted by atomic mass is 35.5. The predicted molar refractivity (Wildman–Crippen MR) is 133 cm³/mol. The van der Waals surface area contributed by atoms with Crippen LogP contribution in [-0.2, 0) is 37.1 Å². The monoisotopic (exact) mass is 521 g/mol. The lowest BCUT2D eigenvalue weighted by Crippen LogP contribution is -2.40. The zero-order chi connectivity index (χ0) is 24.3. The molecule has 8 nitrogen and oxygen atoms in total. The summed E-state index contributed by atoms with van der Waals surface area (Å²) < 4.78 is 33.2. The van der Waals surface area contributed by atoms with E-state index in [1.807, 2.05) is 30.3 Å². The minimum atomic E-state index is -4.00. The van der Waals surface area contributed by atoms with E-state index in [-0.39, 0.29) is 0 Å². The number of benzene rings is 2. The highest BCUT2D eigenvalue weighted by molar-refractivity contribution is 7.92. The zero-order valence-corrected chi connectivity index (χ0v) is 21.0. The van der Waals surface area contributed by atoms with Gasteiger partial charge in [-0.25, -0.2) is 8.42 Å². The molecule has 0 bridgehead atoms. The molecule has 1 aromatic heterocycles. The first-order valence-electron chi connectivity index (χ1n) is 10.7. The Morgan fingerprint density at radius 2 is 1.97 bits per heavy atom. The molecule has 0 spiro atoms. The van der Waals surface area contributed by atoms with E-state index in [4.69, 9.17) is 16.3 Å². The van der Waals surface area contributed by atoms with Crippen LogP contribution in [0.3, 0.4) is 0 Å². The number of para-hydroxylation sites is 1. The molecular formula is C23H24ClN3O5S2. The second-order valence-corrected chi connectivity index (χ2v) is 11.5. The van der Waals surface area contributed by atoms with Gasteiger partial charge in [-0.3, -0.25) is 9.59 Å². The van der Waals surface area contributed by atoms with Gasteiger partial charge in [0.2, 0.25) is 5.91 Å². The van der Waals surface area contributed by atoms with Gasteiger partial charge in [0.05, 0.1) is 16.8 Å². The summed E-state index contributed by atoms with van der Waals surface area (Å²) >= 11 is 7.32. The van der Waals surface area contributed by atoms with Gasteiger partial charge in [-0.1, -0.05) is 41.1 Å². The Hall–Kier alpha value is -2.53. The molecule has 0 fully saturated rings. The van der Waals surface area contributed by atoms with Gasteiger partial charge >= 0.3 is 0 Å². The number of fused-ring (bicyclic) bond motifs is 2. The van der Waals surface area contributed by atoms with Crippen LogP contribution in [0.4, 0.5) is 5.69 Å². The van der Waals surface area contributed by atoms with Crippen LogP contribution in [0.25, 0.3) is 10.2 Å². The second kappa shape index (κ2) is 10.4. The van der Waals surface area contributed by atoms with E-state index < -0.39 is 33.2 Å². The number of thiazole rings is 1. The van der Waals surface area contributed by atoms with Crippen molar-refractivity contribution in [3.05, 3.63) is 57.9 Å². The summed E-state index contributed by atoms with van der Waals surface area (Å²) in [6.07, 6.45) is 1.60. The lowest BCUT2D eigenvalue weighted by atomic mass is 10.0. The van der Waals surface area contributed by atoms with Crippen molar-refractivity contribution in [2.75, 3.05) is 36.7 Å². The van der Waals surface area contributed by atoms with Crippen molar-refractivity contribution in [2.45, 2.75) is 19.4 Å². The number of hydrogen-bond donors (Lipinski definition) is 0. The molecule has 2 amide bonds. The first kappa shape index (κ1) is 24.6. The smallest absolute Gasteiger partial charge is 0.263 e. The van der Waals surface area contributed by atoms with E-state index in [2.05, 4.69) is 4.99 Å². The Labute approximate surface area is 206 Å². The van der Waals surface area contributed by atoms with Crippen LogP contribution in [-0.4, -0.2) is 56.6 Å². The molecule has 1 aliphatic rings. The number of anilines is 1. The number of rotatable bonds is 7. The average molecular weight is 522 g/mol. The Kier molecular flexibility index (Phi) is 7.51. The number of amides is 2. The topological polar surface area (TPSA) is 98.0 Å². The zero-order valence-electron chi connectivity index (χ0n) is 18.6. The van der Waals surface area contributed by atoms with Crippen molar-refractivity contribution in [1.82, 2.24) is 4.57 Å². The van der Waals surface area contributed by atoms with Gasteiger partial charge in [-0.05, 0) is 42.7 Å². The fourth-order valence-electron chi connectivity index (χ4n) is 3.97. The van der Waals surface area contributed by atoms with E-state index >= 15 is 0 Å². The summed E-state index contributed by atoms with van der Waals surface area (Å²) in [7, 11) is -2.44. The third-order valence-corrected chi connectivity index (χ3v) is 8.13. The summed E-state index contributed by atoms with van der Waals surface area (Å²) in [6.45, 7) is 1.28. The molecule has 4 rings (SSSR count). The third-order valence-electron chi connectivity index (χ3n) is 5.48. The van der Waals surface area contributed by atoms with Crippen LogP contribution in [0.1, 0.15) is 12.0 Å². The van der Waals surface area contributed by atoms with E-state index in [0.717, 1.165) is 34.3 Å². The van der Waals surface area contributed by atoms with Crippen LogP contribution < -0.4 is 9.70 Å².